The van der Waals surface area contributed by atoms with E-state index in [0.717, 1.165) is 0 Å². The number of benzene rings is 1. The fourth-order valence-corrected chi connectivity index (χ4v) is 1.81. The highest BCUT2D eigenvalue weighted by Gasteiger charge is 2.20. The van der Waals surface area contributed by atoms with Gasteiger partial charge in [-0.05, 0) is 19.1 Å². The summed E-state index contributed by atoms with van der Waals surface area (Å²) in [5.41, 5.74) is 0.150. The van der Waals surface area contributed by atoms with Crippen molar-refractivity contribution in [1.29, 1.82) is 0 Å². The first-order chi connectivity index (χ1) is 10.1. The second kappa shape index (κ2) is 6.00. The number of aromatic carboxylic acids is 1. The SMILES string of the molecule is CCOC(=O)c1nn(-c2ccccc2C(=O)O)cc1C=O. The number of aromatic nitrogens is 2. The van der Waals surface area contributed by atoms with Crippen LogP contribution < -0.4 is 0 Å². The highest BCUT2D eigenvalue weighted by atomic mass is 16.5. The number of nitrogens with zero attached hydrogens (tertiary/aromatic N) is 2. The van der Waals surface area contributed by atoms with Gasteiger partial charge in [-0.2, -0.15) is 5.10 Å². The lowest BCUT2D eigenvalue weighted by molar-refractivity contribution is 0.0516. The highest BCUT2D eigenvalue weighted by molar-refractivity contribution is 5.97. The van der Waals surface area contributed by atoms with Gasteiger partial charge in [0.1, 0.15) is 0 Å². The number of hydrogen-bond donors (Lipinski definition) is 1. The number of carboxylic acids is 1. The largest absolute Gasteiger partial charge is 0.478 e. The Balaban J connectivity index is 2.54. The molecule has 0 unspecified atom stereocenters. The molecular formula is C14H12N2O5. The van der Waals surface area contributed by atoms with Crippen molar-refractivity contribution < 1.29 is 24.2 Å². The lowest BCUT2D eigenvalue weighted by atomic mass is 10.2. The zero-order valence-corrected chi connectivity index (χ0v) is 11.1. The van der Waals surface area contributed by atoms with E-state index in [1.165, 1.54) is 23.0 Å². The molecule has 0 atom stereocenters. The predicted octanol–water partition coefficient (Wildman–Crippen LogP) is 1.56. The predicted molar refractivity (Wildman–Crippen MR) is 71.9 cm³/mol. The van der Waals surface area contributed by atoms with E-state index in [4.69, 9.17) is 9.84 Å². The molecule has 1 aromatic heterocycles. The third-order valence-electron chi connectivity index (χ3n) is 2.72. The minimum atomic E-state index is -1.13. The maximum Gasteiger partial charge on any atom is 0.359 e. The van der Waals surface area contributed by atoms with Crippen LogP contribution in [0.5, 0.6) is 0 Å². The molecule has 2 aromatic rings. The first kappa shape index (κ1) is 14.4. The van der Waals surface area contributed by atoms with Gasteiger partial charge in [-0.15, -0.1) is 0 Å². The van der Waals surface area contributed by atoms with Crippen molar-refractivity contribution in [2.45, 2.75) is 6.92 Å². The number of carbonyl (C=O) groups excluding carboxylic acids is 2. The average molecular weight is 288 g/mol. The highest BCUT2D eigenvalue weighted by Crippen LogP contribution is 2.16. The van der Waals surface area contributed by atoms with Gasteiger partial charge in [0.2, 0.25) is 0 Å². The van der Waals surface area contributed by atoms with Gasteiger partial charge in [0.25, 0.3) is 0 Å². The number of aldehydes is 1. The number of carbonyl (C=O) groups is 3. The molecule has 0 aliphatic rings. The van der Waals surface area contributed by atoms with Crippen LogP contribution >= 0.6 is 0 Å². The molecule has 0 radical (unpaired) electrons. The summed E-state index contributed by atoms with van der Waals surface area (Å²) in [6.07, 6.45) is 1.76. The standard InChI is InChI=1S/C14H12N2O5/c1-2-21-14(20)12-9(8-17)7-16(15-12)11-6-4-3-5-10(11)13(18)19/h3-8H,2H2,1H3,(H,18,19). The molecule has 0 bridgehead atoms. The van der Waals surface area contributed by atoms with Crippen molar-refractivity contribution in [2.75, 3.05) is 6.61 Å². The molecule has 1 heterocycles. The van der Waals surface area contributed by atoms with Gasteiger partial charge in [0.05, 0.1) is 23.4 Å². The monoisotopic (exact) mass is 288 g/mol. The third kappa shape index (κ3) is 2.81. The van der Waals surface area contributed by atoms with Crippen LogP contribution in [0.15, 0.2) is 30.5 Å². The van der Waals surface area contributed by atoms with E-state index in [1.54, 1.807) is 19.1 Å². The molecule has 0 saturated carbocycles. The van der Waals surface area contributed by atoms with Gasteiger partial charge >= 0.3 is 11.9 Å². The fourth-order valence-electron chi connectivity index (χ4n) is 1.81. The Hall–Kier alpha value is -2.96. The third-order valence-corrected chi connectivity index (χ3v) is 2.72. The van der Waals surface area contributed by atoms with Gasteiger partial charge in [-0.25, -0.2) is 14.3 Å². The lowest BCUT2D eigenvalue weighted by Gasteiger charge is -2.05. The smallest absolute Gasteiger partial charge is 0.359 e. The zero-order chi connectivity index (χ0) is 15.4. The summed E-state index contributed by atoms with van der Waals surface area (Å²) >= 11 is 0. The number of ether oxygens (including phenoxy) is 1. The fraction of sp³-hybridized carbons (Fsp3) is 0.143. The average Bonchev–Trinajstić information content (AvgIpc) is 2.91. The van der Waals surface area contributed by atoms with E-state index >= 15 is 0 Å². The van der Waals surface area contributed by atoms with Crippen LogP contribution in [0.25, 0.3) is 5.69 Å². The number of esters is 1. The van der Waals surface area contributed by atoms with Gasteiger partial charge in [0, 0.05) is 6.20 Å². The molecule has 7 nitrogen and oxygen atoms in total. The van der Waals surface area contributed by atoms with E-state index in [0.29, 0.717) is 6.29 Å². The number of hydrogen-bond acceptors (Lipinski definition) is 5. The Bertz CT molecular complexity index is 705. The summed E-state index contributed by atoms with van der Waals surface area (Å²) in [4.78, 5) is 33.9. The summed E-state index contributed by atoms with van der Waals surface area (Å²) in [7, 11) is 0. The van der Waals surface area contributed by atoms with Gasteiger partial charge in [0.15, 0.2) is 12.0 Å². The lowest BCUT2D eigenvalue weighted by Crippen LogP contribution is -2.09. The first-order valence-electron chi connectivity index (χ1n) is 6.13. The van der Waals surface area contributed by atoms with Crippen molar-refractivity contribution in [3.63, 3.8) is 0 Å². The van der Waals surface area contributed by atoms with Crippen molar-refractivity contribution in [1.82, 2.24) is 9.78 Å². The zero-order valence-electron chi connectivity index (χ0n) is 11.1. The Morgan fingerprint density at radius 1 is 1.38 bits per heavy atom. The number of para-hydroxylation sites is 1. The minimum absolute atomic E-state index is 0.00728. The summed E-state index contributed by atoms with van der Waals surface area (Å²) < 4.78 is 5.99. The van der Waals surface area contributed by atoms with Crippen molar-refractivity contribution >= 4 is 18.2 Å². The second-order valence-electron chi connectivity index (χ2n) is 4.04. The van der Waals surface area contributed by atoms with Crippen LogP contribution in [0, 0.1) is 0 Å². The molecule has 0 amide bonds. The molecule has 0 spiro atoms. The van der Waals surface area contributed by atoms with Crippen LogP contribution in [-0.4, -0.2) is 39.7 Å². The Morgan fingerprint density at radius 3 is 2.71 bits per heavy atom. The normalized spacial score (nSPS) is 10.1. The summed E-state index contributed by atoms with van der Waals surface area (Å²) in [5.74, 6) is -1.86. The van der Waals surface area contributed by atoms with Crippen molar-refractivity contribution in [2.24, 2.45) is 0 Å². The van der Waals surface area contributed by atoms with E-state index in [2.05, 4.69) is 5.10 Å². The molecule has 21 heavy (non-hydrogen) atoms. The molecule has 0 fully saturated rings. The molecule has 1 N–H and O–H groups in total. The maximum absolute atomic E-state index is 11.7. The molecule has 7 heteroatoms. The molecule has 1 aromatic carbocycles. The van der Waals surface area contributed by atoms with Crippen molar-refractivity contribution in [3.8, 4) is 5.69 Å². The number of carboxylic acid groups (broad SMARTS) is 1. The van der Waals surface area contributed by atoms with E-state index in [1.807, 2.05) is 0 Å². The van der Waals surface area contributed by atoms with Crippen molar-refractivity contribution in [3.05, 3.63) is 47.3 Å². The molecule has 0 aliphatic carbocycles. The Kier molecular flexibility index (Phi) is 4.13. The number of rotatable bonds is 5. The first-order valence-corrected chi connectivity index (χ1v) is 6.13. The van der Waals surface area contributed by atoms with Crippen LogP contribution in [0.4, 0.5) is 0 Å². The van der Waals surface area contributed by atoms with Crippen LogP contribution in [0.3, 0.4) is 0 Å². The van der Waals surface area contributed by atoms with Crippen LogP contribution in [0.1, 0.15) is 38.1 Å². The Morgan fingerprint density at radius 2 is 2.10 bits per heavy atom. The second-order valence-corrected chi connectivity index (χ2v) is 4.04. The van der Waals surface area contributed by atoms with E-state index < -0.39 is 11.9 Å². The molecular weight excluding hydrogens is 276 g/mol. The maximum atomic E-state index is 11.7. The Labute approximate surface area is 119 Å². The minimum Gasteiger partial charge on any atom is -0.478 e. The summed E-state index contributed by atoms with van der Waals surface area (Å²) in [6, 6.07) is 6.14. The van der Waals surface area contributed by atoms with Gasteiger partial charge in [-0.3, -0.25) is 4.79 Å². The van der Waals surface area contributed by atoms with Gasteiger partial charge in [-0.1, -0.05) is 12.1 Å². The topological polar surface area (TPSA) is 98.5 Å². The summed E-state index contributed by atoms with van der Waals surface area (Å²) in [5, 5.41) is 13.1. The van der Waals surface area contributed by atoms with Gasteiger partial charge < -0.3 is 9.84 Å². The van der Waals surface area contributed by atoms with Crippen LogP contribution in [-0.2, 0) is 4.74 Å². The van der Waals surface area contributed by atoms with E-state index in [-0.39, 0.29) is 29.1 Å². The van der Waals surface area contributed by atoms with E-state index in [9.17, 15) is 14.4 Å². The van der Waals surface area contributed by atoms with Crippen LogP contribution in [0.2, 0.25) is 0 Å². The molecule has 0 saturated heterocycles. The quantitative estimate of drug-likeness (QED) is 0.662. The summed E-state index contributed by atoms with van der Waals surface area (Å²) in [6.45, 7) is 1.78. The molecule has 2 rings (SSSR count). The molecule has 0 aliphatic heterocycles. The molecule has 108 valence electrons.